The minimum atomic E-state index is -1.16. The normalized spacial score (nSPS) is 19.8. The second-order valence-corrected chi connectivity index (χ2v) is 4.31. The highest BCUT2D eigenvalue weighted by Gasteiger charge is 2.33. The molecule has 1 N–H and O–H groups in total. The minimum Gasteiger partial charge on any atom is -0.450 e. The third kappa shape index (κ3) is 2.90. The van der Waals surface area contributed by atoms with E-state index in [9.17, 15) is 4.79 Å². The summed E-state index contributed by atoms with van der Waals surface area (Å²) in [5, 5.41) is 8.56. The first-order valence-electron chi connectivity index (χ1n) is 4.94. The van der Waals surface area contributed by atoms with Gasteiger partial charge in [-0.25, -0.2) is 4.79 Å². The van der Waals surface area contributed by atoms with E-state index in [0.29, 0.717) is 5.92 Å². The molecule has 0 atom stereocenters. The molecule has 0 radical (unpaired) electrons. The Hall–Kier alpha value is -0.730. The Kier molecular flexibility index (Phi) is 3.17. The zero-order valence-electron chi connectivity index (χ0n) is 8.38. The maximum absolute atomic E-state index is 10.4. The van der Waals surface area contributed by atoms with Crippen molar-refractivity contribution >= 4 is 6.16 Å². The molecule has 13 heavy (non-hydrogen) atoms. The first-order valence-corrected chi connectivity index (χ1v) is 4.94. The molecule has 0 unspecified atom stereocenters. The Labute approximate surface area is 79.1 Å². The molecule has 1 fully saturated rings. The highest BCUT2D eigenvalue weighted by Crippen LogP contribution is 2.34. The van der Waals surface area contributed by atoms with Crippen LogP contribution in [0.15, 0.2) is 0 Å². The number of carboxylic acid groups (broad SMARTS) is 1. The van der Waals surface area contributed by atoms with Crippen molar-refractivity contribution in [2.45, 2.75) is 51.6 Å². The highest BCUT2D eigenvalue weighted by atomic mass is 16.7. The third-order valence-corrected chi connectivity index (χ3v) is 2.94. The lowest BCUT2D eigenvalue weighted by Crippen LogP contribution is -2.37. The summed E-state index contributed by atoms with van der Waals surface area (Å²) < 4.78 is 4.89. The van der Waals surface area contributed by atoms with Gasteiger partial charge >= 0.3 is 6.16 Å². The van der Waals surface area contributed by atoms with Crippen molar-refractivity contribution in [3.8, 4) is 0 Å². The fourth-order valence-electron chi connectivity index (χ4n) is 2.11. The van der Waals surface area contributed by atoms with E-state index in [1.165, 1.54) is 19.3 Å². The molecular weight excluding hydrogens is 168 g/mol. The topological polar surface area (TPSA) is 46.5 Å². The first kappa shape index (κ1) is 10.4. The molecule has 0 saturated heterocycles. The van der Waals surface area contributed by atoms with Gasteiger partial charge in [-0.15, -0.1) is 0 Å². The Morgan fingerprint density at radius 3 is 2.31 bits per heavy atom. The van der Waals surface area contributed by atoms with Gasteiger partial charge in [0.2, 0.25) is 0 Å². The Bertz CT molecular complexity index is 181. The molecule has 1 aliphatic carbocycles. The summed E-state index contributed by atoms with van der Waals surface area (Å²) >= 11 is 0. The zero-order chi connectivity index (χ0) is 9.90. The second kappa shape index (κ2) is 3.99. The van der Waals surface area contributed by atoms with Crippen LogP contribution in [0.4, 0.5) is 4.79 Å². The van der Waals surface area contributed by atoms with Crippen molar-refractivity contribution in [1.82, 2.24) is 0 Å². The van der Waals surface area contributed by atoms with Crippen LogP contribution in [0.1, 0.15) is 46.0 Å². The predicted octanol–water partition coefficient (Wildman–Crippen LogP) is 3.04. The van der Waals surface area contributed by atoms with E-state index in [2.05, 4.69) is 0 Å². The predicted molar refractivity (Wildman–Crippen MR) is 49.8 cm³/mol. The van der Waals surface area contributed by atoms with Crippen molar-refractivity contribution in [1.29, 1.82) is 0 Å². The molecule has 0 aliphatic heterocycles. The molecule has 0 bridgehead atoms. The van der Waals surface area contributed by atoms with E-state index >= 15 is 0 Å². The smallest absolute Gasteiger partial charge is 0.450 e. The van der Waals surface area contributed by atoms with Crippen LogP contribution in [0.3, 0.4) is 0 Å². The van der Waals surface area contributed by atoms with E-state index < -0.39 is 11.8 Å². The molecule has 1 saturated carbocycles. The Morgan fingerprint density at radius 2 is 1.85 bits per heavy atom. The zero-order valence-corrected chi connectivity index (χ0v) is 8.38. The van der Waals surface area contributed by atoms with Gasteiger partial charge in [-0.2, -0.15) is 0 Å². The molecule has 1 aliphatic rings. The number of carbonyl (C=O) groups is 1. The summed E-state index contributed by atoms with van der Waals surface area (Å²) in [4.78, 5) is 10.4. The van der Waals surface area contributed by atoms with Crippen molar-refractivity contribution < 1.29 is 14.6 Å². The van der Waals surface area contributed by atoms with Gasteiger partial charge in [-0.05, 0) is 32.6 Å². The van der Waals surface area contributed by atoms with Gasteiger partial charge in [0.05, 0.1) is 0 Å². The van der Waals surface area contributed by atoms with Gasteiger partial charge in [0, 0.05) is 0 Å². The van der Waals surface area contributed by atoms with Crippen LogP contribution >= 0.6 is 0 Å². The van der Waals surface area contributed by atoms with E-state index in [-0.39, 0.29) is 0 Å². The first-order chi connectivity index (χ1) is 6.02. The molecular formula is C10H18O3. The summed E-state index contributed by atoms with van der Waals surface area (Å²) in [5.41, 5.74) is -0.508. The van der Waals surface area contributed by atoms with Crippen LogP contribution in [-0.2, 0) is 4.74 Å². The quantitative estimate of drug-likeness (QED) is 0.674. The van der Waals surface area contributed by atoms with Gasteiger partial charge in [0.15, 0.2) is 0 Å². The van der Waals surface area contributed by atoms with E-state index in [1.807, 2.05) is 13.8 Å². The number of rotatable bonds is 2. The largest absolute Gasteiger partial charge is 0.506 e. The van der Waals surface area contributed by atoms with Crippen LogP contribution in [0.25, 0.3) is 0 Å². The minimum absolute atomic E-state index is 0.400. The molecule has 0 spiro atoms. The summed E-state index contributed by atoms with van der Waals surface area (Å²) in [6.07, 6.45) is 4.73. The van der Waals surface area contributed by atoms with Gasteiger partial charge in [-0.1, -0.05) is 19.3 Å². The Balaban J connectivity index is 2.50. The van der Waals surface area contributed by atoms with Crippen LogP contribution in [0, 0.1) is 5.92 Å². The lowest BCUT2D eigenvalue weighted by Gasteiger charge is -2.35. The van der Waals surface area contributed by atoms with Gasteiger partial charge in [-0.3, -0.25) is 0 Å². The molecule has 76 valence electrons. The van der Waals surface area contributed by atoms with Crippen molar-refractivity contribution in [2.24, 2.45) is 5.92 Å². The van der Waals surface area contributed by atoms with Crippen molar-refractivity contribution in [3.63, 3.8) is 0 Å². The third-order valence-electron chi connectivity index (χ3n) is 2.94. The van der Waals surface area contributed by atoms with Crippen LogP contribution in [0.2, 0.25) is 0 Å². The molecule has 0 amide bonds. The monoisotopic (exact) mass is 186 g/mol. The standard InChI is InChI=1S/C10H18O3/c1-10(2,13-9(11)12)8-6-4-3-5-7-8/h8H,3-7H2,1-2H3,(H,11,12). The summed E-state index contributed by atoms with van der Waals surface area (Å²) in [5.74, 6) is 0.400. The fraction of sp³-hybridized carbons (Fsp3) is 0.900. The number of hydrogen-bond acceptors (Lipinski definition) is 2. The van der Waals surface area contributed by atoms with E-state index in [4.69, 9.17) is 9.84 Å². The molecule has 0 heterocycles. The molecule has 0 aromatic rings. The molecule has 0 aromatic carbocycles. The highest BCUT2D eigenvalue weighted by molar-refractivity contribution is 5.57. The van der Waals surface area contributed by atoms with Gasteiger partial charge in [0.1, 0.15) is 5.60 Å². The van der Waals surface area contributed by atoms with Crippen molar-refractivity contribution in [3.05, 3.63) is 0 Å². The van der Waals surface area contributed by atoms with Crippen LogP contribution in [-0.4, -0.2) is 16.9 Å². The molecule has 1 rings (SSSR count). The lowest BCUT2D eigenvalue weighted by atomic mass is 9.79. The van der Waals surface area contributed by atoms with Gasteiger partial charge in [0.25, 0.3) is 0 Å². The summed E-state index contributed by atoms with van der Waals surface area (Å²) in [6.45, 7) is 3.74. The Morgan fingerprint density at radius 1 is 1.31 bits per heavy atom. The van der Waals surface area contributed by atoms with Gasteiger partial charge < -0.3 is 9.84 Å². The maximum Gasteiger partial charge on any atom is 0.506 e. The van der Waals surface area contributed by atoms with Crippen molar-refractivity contribution in [2.75, 3.05) is 0 Å². The molecule has 0 aromatic heterocycles. The SMILES string of the molecule is CC(C)(OC(=O)O)C1CCCCC1. The molecule has 3 heteroatoms. The average molecular weight is 186 g/mol. The average Bonchev–Trinajstić information content (AvgIpc) is 2.04. The lowest BCUT2D eigenvalue weighted by molar-refractivity contribution is -0.0422. The molecule has 3 nitrogen and oxygen atoms in total. The summed E-state index contributed by atoms with van der Waals surface area (Å²) in [6, 6.07) is 0. The van der Waals surface area contributed by atoms with Crippen LogP contribution in [0.5, 0.6) is 0 Å². The number of hydrogen-bond donors (Lipinski definition) is 1. The summed E-state index contributed by atoms with van der Waals surface area (Å²) in [7, 11) is 0. The van der Waals surface area contributed by atoms with E-state index in [1.54, 1.807) is 0 Å². The van der Waals surface area contributed by atoms with E-state index in [0.717, 1.165) is 12.8 Å². The maximum atomic E-state index is 10.4. The second-order valence-electron chi connectivity index (χ2n) is 4.31. The van der Waals surface area contributed by atoms with Crippen LogP contribution < -0.4 is 0 Å². The number of ether oxygens (including phenoxy) is 1. The fourth-order valence-corrected chi connectivity index (χ4v) is 2.11.